The molecule has 0 aliphatic carbocycles. The summed E-state index contributed by atoms with van der Waals surface area (Å²) in [5.74, 6) is 2.72. The summed E-state index contributed by atoms with van der Waals surface area (Å²) in [5, 5.41) is 2.84. The predicted octanol–water partition coefficient (Wildman–Crippen LogP) is 9.81. The van der Waals surface area contributed by atoms with Gasteiger partial charge in [-0.1, -0.05) is 91.8 Å². The molecule has 0 saturated carbocycles. The van der Waals surface area contributed by atoms with Gasteiger partial charge in [0, 0.05) is 24.5 Å². The normalized spacial score (nSPS) is 16.6. The molecule has 5 rings (SSSR count). The first-order valence-electron chi connectivity index (χ1n) is 16.3. The Bertz CT molecular complexity index is 1380. The van der Waals surface area contributed by atoms with Crippen molar-refractivity contribution in [2.45, 2.75) is 98.5 Å². The number of nitrogens with one attached hydrogen (secondary N) is 1. The van der Waals surface area contributed by atoms with Crippen molar-refractivity contribution in [1.29, 1.82) is 0 Å². The SMILES string of the molecule is CC(C)c1cccc(C(C)C)c1N1[CH-]N(c2c(C(C)C)cccc2C(C)C)CC1.CCC1Oc2c([CH]=[Ru][Cl])cccc2NC1=O. The van der Waals surface area contributed by atoms with Gasteiger partial charge in [0.05, 0.1) is 0 Å². The summed E-state index contributed by atoms with van der Waals surface area (Å²) in [6, 6.07) is 19.4. The van der Waals surface area contributed by atoms with Crippen molar-refractivity contribution in [2.24, 2.45) is 0 Å². The summed E-state index contributed by atoms with van der Waals surface area (Å²) in [6.45, 7) is 24.8. The monoisotopic (exact) mass is 717 g/mol. The van der Waals surface area contributed by atoms with Gasteiger partial charge in [0.25, 0.3) is 0 Å². The Kier molecular flexibility index (Phi) is 12.3. The van der Waals surface area contributed by atoms with Crippen LogP contribution in [0.4, 0.5) is 17.1 Å². The minimum absolute atomic E-state index is 0.0778. The van der Waals surface area contributed by atoms with Gasteiger partial charge >= 0.3 is 105 Å². The summed E-state index contributed by atoms with van der Waals surface area (Å²) in [7, 11) is 5.77. The molecule has 0 bridgehead atoms. The predicted molar refractivity (Wildman–Crippen MR) is 189 cm³/mol. The molecule has 0 radical (unpaired) electrons. The second kappa shape index (κ2) is 15.7. The van der Waals surface area contributed by atoms with E-state index in [-0.39, 0.29) is 21.6 Å². The number of carbonyl (C=O) groups excluding carboxylic acids is 1. The van der Waals surface area contributed by atoms with E-state index in [2.05, 4.69) is 114 Å². The molecule has 2 aliphatic heterocycles. The van der Waals surface area contributed by atoms with Crippen LogP contribution < -0.4 is 19.9 Å². The molecular weight excluding hydrogens is 667 g/mol. The van der Waals surface area contributed by atoms with Gasteiger partial charge in [-0.2, -0.15) is 6.67 Å². The van der Waals surface area contributed by atoms with Gasteiger partial charge in [-0.3, -0.25) is 0 Å². The van der Waals surface area contributed by atoms with Crippen LogP contribution in [0.3, 0.4) is 0 Å². The Morgan fingerprint density at radius 3 is 1.67 bits per heavy atom. The molecular formula is C38H50ClN3O2Ru-. The second-order valence-electron chi connectivity index (χ2n) is 13.1. The van der Waals surface area contributed by atoms with Crippen molar-refractivity contribution < 1.29 is 25.2 Å². The van der Waals surface area contributed by atoms with Gasteiger partial charge in [-0.15, -0.1) is 0 Å². The number of fused-ring (bicyclic) bond motifs is 1. The van der Waals surface area contributed by atoms with Gasteiger partial charge in [-0.25, -0.2) is 0 Å². The molecule has 1 atom stereocenters. The third kappa shape index (κ3) is 8.00. The van der Waals surface area contributed by atoms with Crippen LogP contribution in [-0.4, -0.2) is 29.7 Å². The van der Waals surface area contributed by atoms with E-state index in [9.17, 15) is 4.79 Å². The number of benzene rings is 3. The molecule has 3 aromatic rings. The second-order valence-corrected chi connectivity index (χ2v) is 14.9. The molecule has 1 amide bonds. The number of carbonyl (C=O) groups is 1. The summed E-state index contributed by atoms with van der Waals surface area (Å²) >= 11 is -0.303. The van der Waals surface area contributed by atoms with Crippen LogP contribution in [0.15, 0.2) is 54.6 Å². The topological polar surface area (TPSA) is 44.8 Å². The fourth-order valence-electron chi connectivity index (χ4n) is 6.11. The van der Waals surface area contributed by atoms with E-state index in [1.165, 1.54) is 33.6 Å². The van der Waals surface area contributed by atoms with Crippen LogP contribution in [0.5, 0.6) is 5.75 Å². The van der Waals surface area contributed by atoms with E-state index in [0.717, 1.165) is 30.1 Å². The number of ether oxygens (including phenoxy) is 1. The number of anilines is 3. The van der Waals surface area contributed by atoms with Crippen molar-refractivity contribution >= 4 is 37.3 Å². The van der Waals surface area contributed by atoms with E-state index < -0.39 is 6.10 Å². The molecule has 1 fully saturated rings. The molecule has 1 saturated heterocycles. The van der Waals surface area contributed by atoms with Crippen LogP contribution in [-0.2, 0) is 20.5 Å². The molecule has 5 nitrogen and oxygen atoms in total. The third-order valence-electron chi connectivity index (χ3n) is 8.50. The van der Waals surface area contributed by atoms with Crippen molar-refractivity contribution in [1.82, 2.24) is 0 Å². The van der Waals surface area contributed by atoms with E-state index in [1.807, 2.05) is 29.7 Å². The van der Waals surface area contributed by atoms with E-state index >= 15 is 0 Å². The van der Waals surface area contributed by atoms with Crippen molar-refractivity contribution in [3.8, 4) is 5.75 Å². The zero-order valence-corrected chi connectivity index (χ0v) is 30.8. The molecule has 1 N–H and O–H groups in total. The maximum atomic E-state index is 11.6. The number of amides is 1. The fraction of sp³-hybridized carbons (Fsp3) is 0.447. The number of hydrogen-bond acceptors (Lipinski definition) is 4. The molecule has 7 heteroatoms. The van der Waals surface area contributed by atoms with E-state index in [4.69, 9.17) is 14.4 Å². The summed E-state index contributed by atoms with van der Waals surface area (Å²) < 4.78 is 7.65. The van der Waals surface area contributed by atoms with Crippen LogP contribution in [0.1, 0.15) is 120 Å². The molecule has 1 unspecified atom stereocenters. The summed E-state index contributed by atoms with van der Waals surface area (Å²) in [5.41, 5.74) is 10.4. The summed E-state index contributed by atoms with van der Waals surface area (Å²) in [6.07, 6.45) is 0.265. The molecule has 2 aliphatic rings. The molecule has 0 spiro atoms. The number of nitrogens with zero attached hydrogens (tertiary/aromatic N) is 2. The van der Waals surface area contributed by atoms with Crippen LogP contribution >= 0.6 is 9.69 Å². The summed E-state index contributed by atoms with van der Waals surface area (Å²) in [4.78, 5) is 16.6. The molecule has 0 aromatic heterocycles. The van der Waals surface area contributed by atoms with Gasteiger partial charge in [0.2, 0.25) is 0 Å². The Balaban J connectivity index is 0.000000242. The zero-order valence-electron chi connectivity index (χ0n) is 28.3. The van der Waals surface area contributed by atoms with Gasteiger partial charge < -0.3 is 9.80 Å². The Labute approximate surface area is 282 Å². The Hall–Kier alpha value is -2.69. The quantitative estimate of drug-likeness (QED) is 0.186. The van der Waals surface area contributed by atoms with Crippen molar-refractivity contribution in [3.05, 3.63) is 89.1 Å². The van der Waals surface area contributed by atoms with Gasteiger partial charge in [0.1, 0.15) is 0 Å². The number of halogens is 1. The first-order valence-corrected chi connectivity index (χ1v) is 19.5. The first-order chi connectivity index (χ1) is 21.5. The average molecular weight is 717 g/mol. The van der Waals surface area contributed by atoms with E-state index in [0.29, 0.717) is 30.1 Å². The average Bonchev–Trinajstić information content (AvgIpc) is 3.50. The van der Waals surface area contributed by atoms with Crippen molar-refractivity contribution in [2.75, 3.05) is 28.2 Å². The first kappa shape index (κ1) is 35.2. The minimum atomic E-state index is -0.395. The Morgan fingerprint density at radius 1 is 0.822 bits per heavy atom. The van der Waals surface area contributed by atoms with Gasteiger partial charge in [0.15, 0.2) is 0 Å². The fourth-order valence-corrected chi connectivity index (χ4v) is 7.20. The number of rotatable bonds is 8. The molecule has 45 heavy (non-hydrogen) atoms. The number of para-hydroxylation sites is 3. The van der Waals surface area contributed by atoms with Crippen LogP contribution in [0, 0.1) is 6.67 Å². The van der Waals surface area contributed by atoms with E-state index in [1.54, 1.807) is 0 Å². The standard InChI is InChI=1S/C27H39N2.C11H11NO2.ClH.Ru/c1-18(2)22-11-9-12-23(19(3)4)26(22)28-15-16-29(17-28)27-24(20(5)6)13-10-14-25(27)21(7)8;1-3-9-11(13)12-8-6-4-5-7(2)10(8)14-9;;/h9-14,17-21H,15-16H2,1-8H3;2,4-6,9H,3H2,1H3,(H,12,13);1H;/q-1;;;+1/p-1. The molecule has 3 aromatic carbocycles. The number of hydrogen-bond donors (Lipinski definition) is 1. The van der Waals surface area contributed by atoms with Crippen LogP contribution in [0.2, 0.25) is 0 Å². The zero-order chi connectivity index (χ0) is 32.8. The van der Waals surface area contributed by atoms with Gasteiger partial charge in [-0.05, 0) is 45.9 Å². The third-order valence-corrected chi connectivity index (χ3v) is 9.68. The van der Waals surface area contributed by atoms with Crippen LogP contribution in [0.25, 0.3) is 0 Å². The molecule has 2 heterocycles. The maximum absolute atomic E-state index is 11.6. The van der Waals surface area contributed by atoms with Crippen molar-refractivity contribution in [3.63, 3.8) is 0 Å². The Morgan fingerprint density at radius 2 is 1.27 bits per heavy atom. The molecule has 245 valence electrons.